The van der Waals surface area contributed by atoms with E-state index >= 15 is 0 Å². The van der Waals surface area contributed by atoms with Crippen molar-refractivity contribution in [3.05, 3.63) is 59.5 Å². The lowest BCUT2D eigenvalue weighted by atomic mass is 9.84. The van der Waals surface area contributed by atoms with Gasteiger partial charge in [-0.3, -0.25) is 9.69 Å². The molecule has 0 N–H and O–H groups in total. The van der Waals surface area contributed by atoms with Crippen LogP contribution in [0.3, 0.4) is 0 Å². The van der Waals surface area contributed by atoms with Gasteiger partial charge in [0.1, 0.15) is 5.82 Å². The molecule has 2 aliphatic heterocycles. The van der Waals surface area contributed by atoms with Crippen LogP contribution >= 0.6 is 0 Å². The van der Waals surface area contributed by atoms with Crippen LogP contribution in [-0.4, -0.2) is 46.4 Å². The van der Waals surface area contributed by atoms with Crippen molar-refractivity contribution in [3.8, 4) is 5.88 Å². The number of benzene rings is 1. The standard InChI is InChI=1S/C22H26FN3O2/c1-28-20-4-2-3-19(24-20)16-25-13-11-22(12-14-25)10-9-21(27)26(22)15-17-5-7-18(23)8-6-17/h2-8H,9-16H2,1H3. The summed E-state index contributed by atoms with van der Waals surface area (Å²) in [6.45, 7) is 3.23. The average Bonchev–Trinajstić information content (AvgIpc) is 3.01. The quantitative estimate of drug-likeness (QED) is 0.794. The van der Waals surface area contributed by atoms with Gasteiger partial charge in [-0.15, -0.1) is 0 Å². The molecule has 148 valence electrons. The zero-order valence-electron chi connectivity index (χ0n) is 16.2. The Hall–Kier alpha value is -2.47. The number of nitrogens with zero attached hydrogens (tertiary/aromatic N) is 3. The Kier molecular flexibility index (Phi) is 5.31. The molecule has 4 rings (SSSR count). The first-order valence-corrected chi connectivity index (χ1v) is 9.85. The lowest BCUT2D eigenvalue weighted by Gasteiger charge is -2.45. The zero-order valence-corrected chi connectivity index (χ0v) is 16.2. The summed E-state index contributed by atoms with van der Waals surface area (Å²) in [6, 6.07) is 12.3. The van der Waals surface area contributed by atoms with Gasteiger partial charge in [-0.25, -0.2) is 9.37 Å². The van der Waals surface area contributed by atoms with Crippen molar-refractivity contribution < 1.29 is 13.9 Å². The van der Waals surface area contributed by atoms with Crippen LogP contribution in [0.15, 0.2) is 42.5 Å². The Morgan fingerprint density at radius 3 is 2.54 bits per heavy atom. The number of likely N-dealkylation sites (tertiary alicyclic amines) is 2. The summed E-state index contributed by atoms with van der Waals surface area (Å²) < 4.78 is 18.4. The van der Waals surface area contributed by atoms with Gasteiger partial charge in [-0.05, 0) is 43.0 Å². The molecule has 1 spiro atoms. The van der Waals surface area contributed by atoms with Crippen molar-refractivity contribution >= 4 is 5.91 Å². The molecule has 0 radical (unpaired) electrons. The zero-order chi connectivity index (χ0) is 19.6. The second-order valence-corrected chi connectivity index (χ2v) is 7.78. The van der Waals surface area contributed by atoms with Crippen LogP contribution in [0.2, 0.25) is 0 Å². The summed E-state index contributed by atoms with van der Waals surface area (Å²) in [4.78, 5) is 21.5. The van der Waals surface area contributed by atoms with Crippen LogP contribution in [-0.2, 0) is 17.9 Å². The molecule has 1 aromatic carbocycles. The van der Waals surface area contributed by atoms with Gasteiger partial charge in [0.2, 0.25) is 11.8 Å². The third-order valence-electron chi connectivity index (χ3n) is 6.09. The number of carbonyl (C=O) groups is 1. The van der Waals surface area contributed by atoms with E-state index in [1.165, 1.54) is 12.1 Å². The number of methoxy groups -OCH3 is 1. The molecule has 0 bridgehead atoms. The number of carbonyl (C=O) groups excluding carboxylic acids is 1. The predicted molar refractivity (Wildman–Crippen MR) is 104 cm³/mol. The second kappa shape index (κ2) is 7.87. The van der Waals surface area contributed by atoms with Crippen LogP contribution in [0, 0.1) is 5.82 Å². The first-order chi connectivity index (χ1) is 13.6. The van der Waals surface area contributed by atoms with Gasteiger partial charge in [-0.2, -0.15) is 0 Å². The predicted octanol–water partition coefficient (Wildman–Crippen LogP) is 3.39. The number of aromatic nitrogens is 1. The van der Waals surface area contributed by atoms with E-state index in [0.29, 0.717) is 18.8 Å². The molecule has 2 aromatic rings. The summed E-state index contributed by atoms with van der Waals surface area (Å²) in [5.74, 6) is 0.607. The minimum absolute atomic E-state index is 0.0657. The number of halogens is 1. The maximum atomic E-state index is 13.2. The highest BCUT2D eigenvalue weighted by Gasteiger charge is 2.46. The Morgan fingerprint density at radius 1 is 1.07 bits per heavy atom. The van der Waals surface area contributed by atoms with Gasteiger partial charge in [-0.1, -0.05) is 18.2 Å². The summed E-state index contributed by atoms with van der Waals surface area (Å²) in [6.07, 6.45) is 3.45. The fourth-order valence-corrected chi connectivity index (χ4v) is 4.44. The van der Waals surface area contributed by atoms with Crippen molar-refractivity contribution in [2.45, 2.75) is 44.3 Å². The summed E-state index contributed by atoms with van der Waals surface area (Å²) in [5, 5.41) is 0. The van der Waals surface area contributed by atoms with Crippen LogP contribution in [0.25, 0.3) is 0 Å². The maximum absolute atomic E-state index is 13.2. The van der Waals surface area contributed by atoms with E-state index in [-0.39, 0.29) is 17.3 Å². The molecular weight excluding hydrogens is 357 g/mol. The summed E-state index contributed by atoms with van der Waals surface area (Å²) in [7, 11) is 1.63. The number of amides is 1. The monoisotopic (exact) mass is 383 g/mol. The van der Waals surface area contributed by atoms with E-state index < -0.39 is 0 Å². The van der Waals surface area contributed by atoms with Gasteiger partial charge < -0.3 is 9.64 Å². The fourth-order valence-electron chi connectivity index (χ4n) is 4.44. The smallest absolute Gasteiger partial charge is 0.223 e. The van der Waals surface area contributed by atoms with E-state index in [4.69, 9.17) is 4.74 Å². The molecule has 5 nitrogen and oxygen atoms in total. The maximum Gasteiger partial charge on any atom is 0.223 e. The van der Waals surface area contributed by atoms with E-state index in [9.17, 15) is 9.18 Å². The molecular formula is C22H26FN3O2. The van der Waals surface area contributed by atoms with Gasteiger partial charge in [0.15, 0.2) is 0 Å². The molecule has 28 heavy (non-hydrogen) atoms. The van der Waals surface area contributed by atoms with Crippen molar-refractivity contribution in [1.29, 1.82) is 0 Å². The highest BCUT2D eigenvalue weighted by Crippen LogP contribution is 2.40. The third-order valence-corrected chi connectivity index (χ3v) is 6.09. The van der Waals surface area contributed by atoms with Gasteiger partial charge in [0.25, 0.3) is 0 Å². The molecule has 3 heterocycles. The topological polar surface area (TPSA) is 45.7 Å². The van der Waals surface area contributed by atoms with Crippen molar-refractivity contribution in [2.24, 2.45) is 0 Å². The van der Waals surface area contributed by atoms with Crippen molar-refractivity contribution in [3.63, 3.8) is 0 Å². The Bertz CT molecular complexity index is 832. The van der Waals surface area contributed by atoms with Crippen LogP contribution in [0.4, 0.5) is 4.39 Å². The van der Waals surface area contributed by atoms with Gasteiger partial charge >= 0.3 is 0 Å². The molecule has 6 heteroatoms. The highest BCUT2D eigenvalue weighted by molar-refractivity contribution is 5.79. The molecule has 0 atom stereocenters. The molecule has 2 aliphatic rings. The van der Waals surface area contributed by atoms with Crippen LogP contribution < -0.4 is 4.74 Å². The SMILES string of the molecule is COc1cccc(CN2CCC3(CCC(=O)N3Cc3ccc(F)cc3)CC2)n1. The number of hydrogen-bond donors (Lipinski definition) is 0. The minimum Gasteiger partial charge on any atom is -0.481 e. The molecule has 0 aliphatic carbocycles. The lowest BCUT2D eigenvalue weighted by molar-refractivity contribution is -0.133. The number of pyridine rings is 1. The molecule has 2 fully saturated rings. The summed E-state index contributed by atoms with van der Waals surface area (Å²) >= 11 is 0. The van der Waals surface area contributed by atoms with Gasteiger partial charge in [0.05, 0.1) is 12.8 Å². The molecule has 2 saturated heterocycles. The van der Waals surface area contributed by atoms with E-state index in [1.54, 1.807) is 19.2 Å². The van der Waals surface area contributed by atoms with E-state index in [2.05, 4.69) is 9.88 Å². The minimum atomic E-state index is -0.245. The lowest BCUT2D eigenvalue weighted by Crippen LogP contribution is -2.52. The number of rotatable bonds is 5. The van der Waals surface area contributed by atoms with Crippen LogP contribution in [0.5, 0.6) is 5.88 Å². The molecule has 1 amide bonds. The largest absolute Gasteiger partial charge is 0.481 e. The normalized spacial score (nSPS) is 19.4. The fraction of sp³-hybridized carbons (Fsp3) is 0.455. The van der Waals surface area contributed by atoms with Crippen LogP contribution in [0.1, 0.15) is 36.9 Å². The Balaban J connectivity index is 1.41. The average molecular weight is 383 g/mol. The van der Waals surface area contributed by atoms with Crippen molar-refractivity contribution in [1.82, 2.24) is 14.8 Å². The molecule has 0 saturated carbocycles. The third kappa shape index (κ3) is 3.87. The Labute approximate surface area is 165 Å². The number of piperidine rings is 1. The van der Waals surface area contributed by atoms with E-state index in [0.717, 1.165) is 50.2 Å². The van der Waals surface area contributed by atoms with E-state index in [1.807, 2.05) is 23.1 Å². The second-order valence-electron chi connectivity index (χ2n) is 7.78. The Morgan fingerprint density at radius 2 is 1.82 bits per heavy atom. The highest BCUT2D eigenvalue weighted by atomic mass is 19.1. The number of ether oxygens (including phenoxy) is 1. The summed E-state index contributed by atoms with van der Waals surface area (Å²) in [5.41, 5.74) is 1.92. The first kappa shape index (κ1) is 18.9. The van der Waals surface area contributed by atoms with Crippen molar-refractivity contribution in [2.75, 3.05) is 20.2 Å². The van der Waals surface area contributed by atoms with Gasteiger partial charge in [0, 0.05) is 44.2 Å². The first-order valence-electron chi connectivity index (χ1n) is 9.85. The number of hydrogen-bond acceptors (Lipinski definition) is 4. The molecule has 0 unspecified atom stereocenters. The molecule has 1 aromatic heterocycles.